The number of hydrogen-bond donors (Lipinski definition) is 1. The number of piperidine rings is 1. The number of carbonyl (C=O) groups is 1. The van der Waals surface area contributed by atoms with E-state index >= 15 is 0 Å². The maximum atomic E-state index is 12.3. The van der Waals surface area contributed by atoms with Crippen molar-refractivity contribution in [2.24, 2.45) is 5.92 Å². The third kappa shape index (κ3) is 3.88. The van der Waals surface area contributed by atoms with Crippen molar-refractivity contribution >= 4 is 11.9 Å². The molecular formula is C17H22N4O2. The number of anilines is 1. The highest BCUT2D eigenvalue weighted by Crippen LogP contribution is 2.21. The minimum Gasteiger partial charge on any atom is -0.465 e. The zero-order valence-corrected chi connectivity index (χ0v) is 13.6. The van der Waals surface area contributed by atoms with Gasteiger partial charge in [-0.15, -0.1) is 0 Å². The van der Waals surface area contributed by atoms with Crippen LogP contribution in [0.2, 0.25) is 0 Å². The second-order valence-corrected chi connectivity index (χ2v) is 5.99. The highest BCUT2D eigenvalue weighted by atomic mass is 16.3. The summed E-state index contributed by atoms with van der Waals surface area (Å²) in [6.45, 7) is 5.92. The lowest BCUT2D eigenvalue weighted by atomic mass is 9.96. The van der Waals surface area contributed by atoms with Crippen LogP contribution in [0.4, 0.5) is 5.95 Å². The SMILES string of the molecule is Cc1ccnc(N2CCC(C(=O)NCc3ccc(C)o3)CC2)n1. The molecule has 3 rings (SSSR count). The van der Waals surface area contributed by atoms with Crippen LogP contribution < -0.4 is 10.2 Å². The molecule has 2 aromatic heterocycles. The van der Waals surface area contributed by atoms with Crippen molar-refractivity contribution in [2.45, 2.75) is 33.2 Å². The summed E-state index contributed by atoms with van der Waals surface area (Å²) < 4.78 is 5.47. The second-order valence-electron chi connectivity index (χ2n) is 5.99. The van der Waals surface area contributed by atoms with Gasteiger partial charge in [0.05, 0.1) is 6.54 Å². The summed E-state index contributed by atoms with van der Waals surface area (Å²) in [7, 11) is 0. The number of nitrogens with zero attached hydrogens (tertiary/aromatic N) is 3. The van der Waals surface area contributed by atoms with Crippen molar-refractivity contribution in [3.05, 3.63) is 41.6 Å². The van der Waals surface area contributed by atoms with Crippen LogP contribution in [0.5, 0.6) is 0 Å². The summed E-state index contributed by atoms with van der Waals surface area (Å²) in [6.07, 6.45) is 3.42. The predicted molar refractivity (Wildman–Crippen MR) is 87.0 cm³/mol. The highest BCUT2D eigenvalue weighted by molar-refractivity contribution is 5.78. The zero-order valence-electron chi connectivity index (χ0n) is 13.6. The Labute approximate surface area is 135 Å². The minimum absolute atomic E-state index is 0.0483. The van der Waals surface area contributed by atoms with Crippen molar-refractivity contribution in [1.29, 1.82) is 0 Å². The van der Waals surface area contributed by atoms with Crippen LogP contribution in [0.1, 0.15) is 30.1 Å². The molecule has 1 fully saturated rings. The van der Waals surface area contributed by atoms with Crippen molar-refractivity contribution < 1.29 is 9.21 Å². The van der Waals surface area contributed by atoms with Gasteiger partial charge in [-0.25, -0.2) is 9.97 Å². The van der Waals surface area contributed by atoms with Gasteiger partial charge in [0, 0.05) is 30.9 Å². The van der Waals surface area contributed by atoms with Crippen LogP contribution in [-0.4, -0.2) is 29.0 Å². The number of aryl methyl sites for hydroxylation is 2. The molecule has 6 nitrogen and oxygen atoms in total. The summed E-state index contributed by atoms with van der Waals surface area (Å²) in [4.78, 5) is 23.2. The number of rotatable bonds is 4. The predicted octanol–water partition coefficient (Wildman–Crippen LogP) is 2.22. The van der Waals surface area contributed by atoms with E-state index in [1.165, 1.54) is 0 Å². The average Bonchev–Trinajstić information content (AvgIpc) is 2.98. The summed E-state index contributed by atoms with van der Waals surface area (Å²) in [5, 5.41) is 2.96. The van der Waals surface area contributed by atoms with Gasteiger partial charge in [-0.2, -0.15) is 0 Å². The molecular weight excluding hydrogens is 292 g/mol. The van der Waals surface area contributed by atoms with Crippen LogP contribution in [0.15, 0.2) is 28.8 Å². The highest BCUT2D eigenvalue weighted by Gasteiger charge is 2.26. The number of aromatic nitrogens is 2. The summed E-state index contributed by atoms with van der Waals surface area (Å²) in [6, 6.07) is 5.69. The van der Waals surface area contributed by atoms with Gasteiger partial charge < -0.3 is 14.6 Å². The monoisotopic (exact) mass is 314 g/mol. The molecule has 1 N–H and O–H groups in total. The van der Waals surface area contributed by atoms with E-state index < -0.39 is 0 Å². The Hall–Kier alpha value is -2.37. The maximum absolute atomic E-state index is 12.3. The number of carbonyl (C=O) groups excluding carboxylic acids is 1. The summed E-state index contributed by atoms with van der Waals surface area (Å²) >= 11 is 0. The molecule has 0 spiro atoms. The van der Waals surface area contributed by atoms with E-state index in [0.717, 1.165) is 49.1 Å². The van der Waals surface area contributed by atoms with Gasteiger partial charge in [0.1, 0.15) is 11.5 Å². The Morgan fingerprint density at radius 3 is 2.74 bits per heavy atom. The largest absolute Gasteiger partial charge is 0.465 e. The topological polar surface area (TPSA) is 71.3 Å². The Kier molecular flexibility index (Phi) is 4.60. The molecule has 2 aromatic rings. The quantitative estimate of drug-likeness (QED) is 0.937. The first-order valence-corrected chi connectivity index (χ1v) is 7.99. The fourth-order valence-corrected chi connectivity index (χ4v) is 2.83. The zero-order chi connectivity index (χ0) is 16.2. The first kappa shape index (κ1) is 15.5. The van der Waals surface area contributed by atoms with E-state index in [2.05, 4.69) is 20.2 Å². The van der Waals surface area contributed by atoms with Crippen LogP contribution in [0.3, 0.4) is 0 Å². The van der Waals surface area contributed by atoms with E-state index in [4.69, 9.17) is 4.42 Å². The van der Waals surface area contributed by atoms with Gasteiger partial charge in [-0.3, -0.25) is 4.79 Å². The van der Waals surface area contributed by atoms with E-state index in [1.54, 1.807) is 6.20 Å². The van der Waals surface area contributed by atoms with E-state index in [9.17, 15) is 4.79 Å². The van der Waals surface area contributed by atoms with Crippen LogP contribution in [0.25, 0.3) is 0 Å². The molecule has 0 saturated carbocycles. The molecule has 1 aliphatic heterocycles. The van der Waals surface area contributed by atoms with Gasteiger partial charge >= 0.3 is 0 Å². The van der Waals surface area contributed by atoms with Gasteiger partial charge in [0.15, 0.2) is 0 Å². The molecule has 1 aliphatic rings. The Balaban J connectivity index is 1.49. The summed E-state index contributed by atoms with van der Waals surface area (Å²) in [5.41, 5.74) is 0.962. The standard InChI is InChI=1S/C17H22N4O2/c1-12-5-8-18-17(20-12)21-9-6-14(7-10-21)16(22)19-11-15-4-3-13(2)23-15/h3-5,8,14H,6-7,9-11H2,1-2H3,(H,19,22). The number of amides is 1. The third-order valence-electron chi connectivity index (χ3n) is 4.16. The molecule has 0 radical (unpaired) electrons. The Morgan fingerprint density at radius 1 is 1.30 bits per heavy atom. The van der Waals surface area contributed by atoms with Crippen molar-refractivity contribution in [2.75, 3.05) is 18.0 Å². The smallest absolute Gasteiger partial charge is 0.225 e. The molecule has 122 valence electrons. The molecule has 6 heteroatoms. The fraction of sp³-hybridized carbons (Fsp3) is 0.471. The summed E-state index contributed by atoms with van der Waals surface area (Å²) in [5.74, 6) is 2.56. The molecule has 0 atom stereocenters. The second kappa shape index (κ2) is 6.81. The molecule has 0 bridgehead atoms. The number of nitrogens with one attached hydrogen (secondary N) is 1. The fourth-order valence-electron chi connectivity index (χ4n) is 2.83. The minimum atomic E-state index is 0.0483. The molecule has 3 heterocycles. The molecule has 0 aromatic carbocycles. The molecule has 1 saturated heterocycles. The average molecular weight is 314 g/mol. The van der Waals surface area contributed by atoms with Gasteiger partial charge in [-0.05, 0) is 44.9 Å². The normalized spacial score (nSPS) is 15.7. The maximum Gasteiger partial charge on any atom is 0.225 e. The van der Waals surface area contributed by atoms with E-state index in [-0.39, 0.29) is 11.8 Å². The lowest BCUT2D eigenvalue weighted by molar-refractivity contribution is -0.125. The Bertz CT molecular complexity index is 675. The molecule has 0 unspecified atom stereocenters. The van der Waals surface area contributed by atoms with E-state index in [0.29, 0.717) is 6.54 Å². The lowest BCUT2D eigenvalue weighted by Gasteiger charge is -2.31. The third-order valence-corrected chi connectivity index (χ3v) is 4.16. The van der Waals surface area contributed by atoms with Gasteiger partial charge in [-0.1, -0.05) is 0 Å². The molecule has 0 aliphatic carbocycles. The van der Waals surface area contributed by atoms with Crippen LogP contribution in [0, 0.1) is 19.8 Å². The molecule has 1 amide bonds. The van der Waals surface area contributed by atoms with Gasteiger partial charge in [0.2, 0.25) is 11.9 Å². The van der Waals surface area contributed by atoms with Crippen LogP contribution in [-0.2, 0) is 11.3 Å². The number of hydrogen-bond acceptors (Lipinski definition) is 5. The Morgan fingerprint density at radius 2 is 2.09 bits per heavy atom. The van der Waals surface area contributed by atoms with Crippen molar-refractivity contribution in [3.63, 3.8) is 0 Å². The van der Waals surface area contributed by atoms with Crippen molar-refractivity contribution in [1.82, 2.24) is 15.3 Å². The number of furan rings is 1. The molecule has 23 heavy (non-hydrogen) atoms. The van der Waals surface area contributed by atoms with E-state index in [1.807, 2.05) is 32.0 Å². The van der Waals surface area contributed by atoms with Crippen LogP contribution >= 0.6 is 0 Å². The van der Waals surface area contributed by atoms with Gasteiger partial charge in [0.25, 0.3) is 0 Å². The first-order chi connectivity index (χ1) is 11.1. The lowest BCUT2D eigenvalue weighted by Crippen LogP contribution is -2.41. The first-order valence-electron chi connectivity index (χ1n) is 7.99. The van der Waals surface area contributed by atoms with Crippen molar-refractivity contribution in [3.8, 4) is 0 Å².